The number of fused-ring (bicyclic) bond motifs is 1. The van der Waals surface area contributed by atoms with E-state index in [1.54, 1.807) is 0 Å². The molecular formula is C22H33N3O2Si. The SMILES string of the molecule is C[Si](C)(C)CCOCn1ncc2cc(N3CCC(=O)C34CCCCC4)ccc21. The van der Waals surface area contributed by atoms with E-state index in [1.165, 1.54) is 18.2 Å². The molecule has 2 heterocycles. The molecule has 5 nitrogen and oxygen atoms in total. The Hall–Kier alpha value is -1.66. The second kappa shape index (κ2) is 7.63. The van der Waals surface area contributed by atoms with E-state index in [9.17, 15) is 4.79 Å². The van der Waals surface area contributed by atoms with Gasteiger partial charge in [0, 0.05) is 38.7 Å². The molecule has 1 saturated heterocycles. The minimum absolute atomic E-state index is 0.248. The van der Waals surface area contributed by atoms with Gasteiger partial charge in [0.2, 0.25) is 0 Å². The molecule has 1 saturated carbocycles. The van der Waals surface area contributed by atoms with E-state index < -0.39 is 8.07 Å². The zero-order valence-corrected chi connectivity index (χ0v) is 18.5. The van der Waals surface area contributed by atoms with Gasteiger partial charge in [0.1, 0.15) is 6.73 Å². The van der Waals surface area contributed by atoms with Gasteiger partial charge in [-0.3, -0.25) is 4.79 Å². The molecule has 152 valence electrons. The molecule has 4 rings (SSSR count). The molecule has 28 heavy (non-hydrogen) atoms. The normalized spacial score (nSPS) is 19.8. The van der Waals surface area contributed by atoms with Crippen molar-refractivity contribution in [1.29, 1.82) is 0 Å². The topological polar surface area (TPSA) is 47.4 Å². The monoisotopic (exact) mass is 399 g/mol. The number of nitrogens with zero attached hydrogens (tertiary/aromatic N) is 3. The number of ketones is 1. The van der Waals surface area contributed by atoms with Crippen LogP contribution in [0.4, 0.5) is 5.69 Å². The van der Waals surface area contributed by atoms with Crippen LogP contribution in [-0.2, 0) is 16.3 Å². The lowest BCUT2D eigenvalue weighted by Gasteiger charge is -2.41. The molecule has 0 N–H and O–H groups in total. The Morgan fingerprint density at radius 3 is 2.71 bits per heavy atom. The predicted molar refractivity (Wildman–Crippen MR) is 117 cm³/mol. The first kappa shape index (κ1) is 19.6. The summed E-state index contributed by atoms with van der Waals surface area (Å²) in [7, 11) is -1.07. The molecule has 0 amide bonds. The third-order valence-electron chi connectivity index (χ3n) is 6.43. The maximum atomic E-state index is 12.7. The van der Waals surface area contributed by atoms with Crippen LogP contribution in [0.5, 0.6) is 0 Å². The number of Topliss-reactive ketones (excluding diaryl/α,β-unsaturated/α-hetero) is 1. The first-order valence-corrected chi connectivity index (χ1v) is 14.4. The lowest BCUT2D eigenvalue weighted by molar-refractivity contribution is -0.122. The van der Waals surface area contributed by atoms with E-state index in [-0.39, 0.29) is 5.54 Å². The molecule has 1 spiro atoms. The molecule has 1 aliphatic carbocycles. The van der Waals surface area contributed by atoms with Gasteiger partial charge in [0.25, 0.3) is 0 Å². The number of benzene rings is 1. The van der Waals surface area contributed by atoms with Crippen molar-refractivity contribution < 1.29 is 9.53 Å². The van der Waals surface area contributed by atoms with Crippen LogP contribution in [-0.4, -0.2) is 42.3 Å². The second-order valence-corrected chi connectivity index (χ2v) is 15.3. The molecule has 0 bridgehead atoms. The van der Waals surface area contributed by atoms with Crippen molar-refractivity contribution in [3.8, 4) is 0 Å². The van der Waals surface area contributed by atoms with Gasteiger partial charge in [0.05, 0.1) is 17.3 Å². The molecule has 2 aliphatic rings. The highest BCUT2D eigenvalue weighted by Gasteiger charge is 2.48. The summed E-state index contributed by atoms with van der Waals surface area (Å²) in [4.78, 5) is 15.1. The first-order valence-electron chi connectivity index (χ1n) is 10.7. The van der Waals surface area contributed by atoms with Crippen molar-refractivity contribution in [1.82, 2.24) is 9.78 Å². The zero-order valence-electron chi connectivity index (χ0n) is 17.5. The van der Waals surface area contributed by atoms with E-state index in [2.05, 4.69) is 47.8 Å². The average Bonchev–Trinajstić information content (AvgIpc) is 3.20. The van der Waals surface area contributed by atoms with Crippen molar-refractivity contribution >= 4 is 30.4 Å². The summed E-state index contributed by atoms with van der Waals surface area (Å²) in [6.45, 7) is 9.24. The number of ether oxygens (including phenoxy) is 1. The standard InChI is InChI=1S/C22H33N3O2Si/c1-28(2,3)14-13-27-17-25-20-8-7-19(15-18(20)16-23-25)24-12-9-21(26)22(24)10-5-4-6-11-22/h7-8,15-16H,4-6,9-14,17H2,1-3H3. The van der Waals surface area contributed by atoms with Crippen LogP contribution in [0.15, 0.2) is 24.4 Å². The molecule has 0 radical (unpaired) electrons. The fourth-order valence-corrected chi connectivity index (χ4v) is 5.50. The molecule has 1 aromatic heterocycles. The first-order chi connectivity index (χ1) is 13.4. The lowest BCUT2D eigenvalue weighted by atomic mass is 9.78. The van der Waals surface area contributed by atoms with Gasteiger partial charge in [-0.05, 0) is 37.1 Å². The minimum atomic E-state index is -1.07. The Balaban J connectivity index is 1.50. The predicted octanol–water partition coefficient (Wildman–Crippen LogP) is 4.83. The van der Waals surface area contributed by atoms with Crippen molar-refractivity contribution in [2.75, 3.05) is 18.1 Å². The molecule has 6 heteroatoms. The van der Waals surface area contributed by atoms with Crippen LogP contribution in [0.25, 0.3) is 10.9 Å². The number of rotatable bonds is 6. The van der Waals surface area contributed by atoms with Gasteiger partial charge < -0.3 is 9.64 Å². The van der Waals surface area contributed by atoms with Crippen LogP contribution in [0, 0.1) is 0 Å². The molecule has 0 unspecified atom stereocenters. The third kappa shape index (κ3) is 3.76. The zero-order chi connectivity index (χ0) is 19.8. The van der Waals surface area contributed by atoms with E-state index in [1.807, 2.05) is 10.9 Å². The van der Waals surface area contributed by atoms with Gasteiger partial charge in [0.15, 0.2) is 5.78 Å². The number of carbonyl (C=O) groups excluding carboxylic acids is 1. The Labute approximate surface area is 169 Å². The smallest absolute Gasteiger partial charge is 0.160 e. The van der Waals surface area contributed by atoms with Crippen molar-refractivity contribution in [2.24, 2.45) is 0 Å². The van der Waals surface area contributed by atoms with Crippen LogP contribution in [0.3, 0.4) is 0 Å². The fourth-order valence-electron chi connectivity index (χ4n) is 4.75. The maximum absolute atomic E-state index is 12.7. The van der Waals surface area contributed by atoms with Gasteiger partial charge in [-0.15, -0.1) is 0 Å². The highest BCUT2D eigenvalue weighted by molar-refractivity contribution is 6.76. The molecular weight excluding hydrogens is 366 g/mol. The van der Waals surface area contributed by atoms with Crippen molar-refractivity contribution in [2.45, 2.75) is 76.5 Å². The second-order valence-electron chi connectivity index (χ2n) is 9.65. The summed E-state index contributed by atoms with van der Waals surface area (Å²) in [6, 6.07) is 7.67. The van der Waals surface area contributed by atoms with Gasteiger partial charge in [-0.25, -0.2) is 4.68 Å². The Bertz CT molecular complexity index is 849. The van der Waals surface area contributed by atoms with Crippen LogP contribution in [0.2, 0.25) is 25.7 Å². The Morgan fingerprint density at radius 2 is 1.96 bits per heavy atom. The summed E-state index contributed by atoms with van der Waals surface area (Å²) in [6.07, 6.45) is 8.21. The maximum Gasteiger partial charge on any atom is 0.160 e. The summed E-state index contributed by atoms with van der Waals surface area (Å²) in [5.41, 5.74) is 2.02. The average molecular weight is 400 g/mol. The highest BCUT2D eigenvalue weighted by atomic mass is 28.3. The third-order valence-corrected chi connectivity index (χ3v) is 8.13. The minimum Gasteiger partial charge on any atom is -0.360 e. The number of aromatic nitrogens is 2. The van der Waals surface area contributed by atoms with E-state index in [0.717, 1.165) is 49.7 Å². The number of hydrogen-bond donors (Lipinski definition) is 0. The van der Waals surface area contributed by atoms with Crippen LogP contribution < -0.4 is 4.90 Å². The quantitative estimate of drug-likeness (QED) is 0.515. The highest BCUT2D eigenvalue weighted by Crippen LogP contribution is 2.42. The largest absolute Gasteiger partial charge is 0.360 e. The number of anilines is 1. The van der Waals surface area contributed by atoms with Gasteiger partial charge in [-0.2, -0.15) is 5.10 Å². The summed E-state index contributed by atoms with van der Waals surface area (Å²) < 4.78 is 7.82. The Morgan fingerprint density at radius 1 is 1.18 bits per heavy atom. The summed E-state index contributed by atoms with van der Waals surface area (Å²) in [5, 5.41) is 5.66. The van der Waals surface area contributed by atoms with E-state index >= 15 is 0 Å². The van der Waals surface area contributed by atoms with Gasteiger partial charge >= 0.3 is 0 Å². The Kier molecular flexibility index (Phi) is 5.36. The van der Waals surface area contributed by atoms with E-state index in [4.69, 9.17) is 4.74 Å². The number of carbonyl (C=O) groups is 1. The number of hydrogen-bond acceptors (Lipinski definition) is 4. The molecule has 2 fully saturated rings. The molecule has 0 atom stereocenters. The lowest BCUT2D eigenvalue weighted by Crippen LogP contribution is -2.50. The van der Waals surface area contributed by atoms with Gasteiger partial charge in [-0.1, -0.05) is 38.9 Å². The molecule has 1 aromatic carbocycles. The van der Waals surface area contributed by atoms with Crippen LogP contribution in [0.1, 0.15) is 38.5 Å². The summed E-state index contributed by atoms with van der Waals surface area (Å²) in [5.74, 6) is 0.443. The molecule has 1 aliphatic heterocycles. The van der Waals surface area contributed by atoms with Crippen LogP contribution >= 0.6 is 0 Å². The van der Waals surface area contributed by atoms with E-state index in [0.29, 0.717) is 18.9 Å². The molecule has 2 aromatic rings. The van der Waals surface area contributed by atoms with Crippen molar-refractivity contribution in [3.63, 3.8) is 0 Å². The fraction of sp³-hybridized carbons (Fsp3) is 0.636. The summed E-state index contributed by atoms with van der Waals surface area (Å²) >= 11 is 0. The van der Waals surface area contributed by atoms with Crippen molar-refractivity contribution in [3.05, 3.63) is 24.4 Å².